The third-order valence-electron chi connectivity index (χ3n) is 7.81. The van der Waals surface area contributed by atoms with Crippen molar-refractivity contribution in [1.29, 1.82) is 5.26 Å². The number of nitrogens with zero attached hydrogens (tertiary/aromatic N) is 4. The molecule has 0 aliphatic rings. The van der Waals surface area contributed by atoms with Crippen molar-refractivity contribution in [2.45, 2.75) is 45.4 Å². The molecule has 3 aromatic carbocycles. The minimum atomic E-state index is -0.636. The quantitative estimate of drug-likeness (QED) is 0.150. The number of nitrogens with one attached hydrogen (secondary N) is 1. The standard InChI is InChI=1S/C39H37N5O5/c1-39(2,3)49-38(45)42-30(18-26-8-6-5-7-9-26)25-48-32-20-33(37(41-22-32)29-16-17-47-24-29)28-12-15-36-34(19-28)35(21-40)43-44(36)23-27-10-13-31(46-4)14-11-27/h5-17,19-20,22,24,30H,18,23,25H2,1-4H3,(H,42,45)/t30-/m0/s1. The van der Waals surface area contributed by atoms with E-state index in [1.807, 2.05) is 110 Å². The van der Waals surface area contributed by atoms with E-state index in [1.165, 1.54) is 0 Å². The van der Waals surface area contributed by atoms with Gasteiger partial charge >= 0.3 is 6.09 Å². The van der Waals surface area contributed by atoms with Crippen LogP contribution in [0.4, 0.5) is 4.79 Å². The Labute approximate surface area is 284 Å². The van der Waals surface area contributed by atoms with Gasteiger partial charge in [-0.25, -0.2) is 4.79 Å². The molecule has 3 heterocycles. The van der Waals surface area contributed by atoms with Gasteiger partial charge in [0.1, 0.15) is 29.8 Å². The van der Waals surface area contributed by atoms with Gasteiger partial charge in [-0.1, -0.05) is 48.5 Å². The number of fused-ring (bicyclic) bond motifs is 1. The summed E-state index contributed by atoms with van der Waals surface area (Å²) in [6, 6.07) is 29.2. The average Bonchev–Trinajstić information content (AvgIpc) is 3.75. The maximum atomic E-state index is 12.7. The smallest absolute Gasteiger partial charge is 0.408 e. The van der Waals surface area contributed by atoms with Crippen molar-refractivity contribution in [1.82, 2.24) is 20.1 Å². The Bertz CT molecular complexity index is 2080. The van der Waals surface area contributed by atoms with Gasteiger partial charge in [-0.3, -0.25) is 9.67 Å². The van der Waals surface area contributed by atoms with Crippen molar-refractivity contribution in [2.24, 2.45) is 0 Å². The van der Waals surface area contributed by atoms with Crippen LogP contribution in [0.1, 0.15) is 37.6 Å². The molecule has 10 nitrogen and oxygen atoms in total. The summed E-state index contributed by atoms with van der Waals surface area (Å²) in [7, 11) is 1.63. The number of rotatable bonds is 11. The molecule has 0 spiro atoms. The van der Waals surface area contributed by atoms with E-state index in [2.05, 4.69) is 16.5 Å². The molecule has 0 saturated carbocycles. The summed E-state index contributed by atoms with van der Waals surface area (Å²) in [5, 5.41) is 18.3. The molecule has 1 N–H and O–H groups in total. The van der Waals surface area contributed by atoms with Crippen LogP contribution < -0.4 is 14.8 Å². The second kappa shape index (κ2) is 14.4. The number of nitriles is 1. The summed E-state index contributed by atoms with van der Waals surface area (Å²) in [5.41, 5.74) is 5.70. The molecular weight excluding hydrogens is 618 g/mol. The third kappa shape index (κ3) is 8.08. The molecule has 0 unspecified atom stereocenters. The van der Waals surface area contributed by atoms with Crippen LogP contribution in [0.25, 0.3) is 33.3 Å². The van der Waals surface area contributed by atoms with Crippen LogP contribution in [-0.2, 0) is 17.7 Å². The molecule has 0 aliphatic heterocycles. The lowest BCUT2D eigenvalue weighted by Crippen LogP contribution is -2.43. The first-order chi connectivity index (χ1) is 23.7. The summed E-state index contributed by atoms with van der Waals surface area (Å²) in [4.78, 5) is 17.5. The van der Waals surface area contributed by atoms with Crippen molar-refractivity contribution in [3.8, 4) is 40.0 Å². The number of furan rings is 1. The van der Waals surface area contributed by atoms with Gasteiger partial charge in [0, 0.05) is 16.5 Å². The van der Waals surface area contributed by atoms with Gasteiger partial charge in [0.25, 0.3) is 0 Å². The Kier molecular flexibility index (Phi) is 9.62. The van der Waals surface area contributed by atoms with Gasteiger partial charge in [0.05, 0.1) is 49.6 Å². The van der Waals surface area contributed by atoms with E-state index in [-0.39, 0.29) is 12.6 Å². The fourth-order valence-corrected chi connectivity index (χ4v) is 5.55. The lowest BCUT2D eigenvalue weighted by atomic mass is 9.99. The van der Waals surface area contributed by atoms with E-state index in [0.717, 1.165) is 44.5 Å². The molecule has 0 fully saturated rings. The number of pyridine rings is 1. The normalized spacial score (nSPS) is 11.9. The predicted molar refractivity (Wildman–Crippen MR) is 186 cm³/mol. The van der Waals surface area contributed by atoms with Crippen molar-refractivity contribution >= 4 is 17.0 Å². The molecule has 0 saturated heterocycles. The molecule has 1 atom stereocenters. The van der Waals surface area contributed by atoms with E-state index in [0.29, 0.717) is 30.1 Å². The van der Waals surface area contributed by atoms with E-state index in [1.54, 1.807) is 25.8 Å². The van der Waals surface area contributed by atoms with Crippen molar-refractivity contribution in [3.05, 3.63) is 120 Å². The highest BCUT2D eigenvalue weighted by Gasteiger charge is 2.22. The van der Waals surface area contributed by atoms with Gasteiger partial charge in [0.2, 0.25) is 0 Å². The van der Waals surface area contributed by atoms with Crippen LogP contribution in [0, 0.1) is 11.3 Å². The molecule has 1 amide bonds. The molecule has 49 heavy (non-hydrogen) atoms. The van der Waals surface area contributed by atoms with Crippen molar-refractivity contribution < 1.29 is 23.4 Å². The summed E-state index contributed by atoms with van der Waals surface area (Å²) >= 11 is 0. The molecule has 248 valence electrons. The lowest BCUT2D eigenvalue weighted by molar-refractivity contribution is 0.0487. The van der Waals surface area contributed by atoms with E-state index >= 15 is 0 Å². The number of amides is 1. The van der Waals surface area contributed by atoms with Gasteiger partial charge < -0.3 is 23.9 Å². The third-order valence-corrected chi connectivity index (χ3v) is 7.81. The Morgan fingerprint density at radius 1 is 0.980 bits per heavy atom. The first-order valence-electron chi connectivity index (χ1n) is 15.9. The van der Waals surface area contributed by atoms with Crippen LogP contribution in [-0.4, -0.2) is 46.2 Å². The first kappa shape index (κ1) is 32.8. The number of aromatic nitrogens is 3. The van der Waals surface area contributed by atoms with Gasteiger partial charge in [-0.05, 0) is 80.3 Å². The number of alkyl carbamates (subject to hydrolysis) is 1. The summed E-state index contributed by atoms with van der Waals surface area (Å²) in [5.74, 6) is 1.29. The Balaban J connectivity index is 1.31. The zero-order chi connectivity index (χ0) is 34.4. The molecule has 3 aromatic heterocycles. The SMILES string of the molecule is COc1ccc(Cn2nc(C#N)c3cc(-c4cc(OC[C@H](Cc5ccccc5)NC(=O)OC(C)(C)C)cnc4-c4ccoc4)ccc32)cc1. The molecule has 6 rings (SSSR count). The molecule has 10 heteroatoms. The zero-order valence-corrected chi connectivity index (χ0v) is 27.8. The number of methoxy groups -OCH3 is 1. The predicted octanol–water partition coefficient (Wildman–Crippen LogP) is 7.80. The average molecular weight is 656 g/mol. The maximum Gasteiger partial charge on any atom is 0.408 e. The fourth-order valence-electron chi connectivity index (χ4n) is 5.55. The van der Waals surface area contributed by atoms with E-state index in [4.69, 9.17) is 23.6 Å². The number of hydrogen-bond donors (Lipinski definition) is 1. The molecule has 0 radical (unpaired) electrons. The van der Waals surface area contributed by atoms with Crippen molar-refractivity contribution in [3.63, 3.8) is 0 Å². The van der Waals surface area contributed by atoms with E-state index in [9.17, 15) is 10.1 Å². The number of carbonyl (C=O) groups is 1. The molecule has 0 aliphatic carbocycles. The number of ether oxygens (including phenoxy) is 3. The number of carbonyl (C=O) groups excluding carboxylic acids is 1. The van der Waals surface area contributed by atoms with Crippen LogP contribution in [0.5, 0.6) is 11.5 Å². The Hall–Kier alpha value is -6.08. The Morgan fingerprint density at radius 3 is 2.47 bits per heavy atom. The highest BCUT2D eigenvalue weighted by molar-refractivity contribution is 5.91. The largest absolute Gasteiger partial charge is 0.497 e. The molecular formula is C39H37N5O5. The molecule has 6 aromatic rings. The summed E-state index contributed by atoms with van der Waals surface area (Å²) in [6.45, 7) is 6.15. The minimum absolute atomic E-state index is 0.177. The van der Waals surface area contributed by atoms with E-state index < -0.39 is 11.7 Å². The number of hydrogen-bond acceptors (Lipinski definition) is 8. The fraction of sp³-hybridized carbons (Fsp3) is 0.231. The second-order valence-corrected chi connectivity index (χ2v) is 12.6. The number of benzene rings is 3. The molecule has 0 bridgehead atoms. The second-order valence-electron chi connectivity index (χ2n) is 12.6. The van der Waals surface area contributed by atoms with Crippen LogP contribution in [0.3, 0.4) is 0 Å². The monoisotopic (exact) mass is 655 g/mol. The highest BCUT2D eigenvalue weighted by atomic mass is 16.6. The highest BCUT2D eigenvalue weighted by Crippen LogP contribution is 2.35. The van der Waals surface area contributed by atoms with Crippen molar-refractivity contribution in [2.75, 3.05) is 13.7 Å². The van der Waals surface area contributed by atoms with Gasteiger partial charge in [0.15, 0.2) is 5.69 Å². The first-order valence-corrected chi connectivity index (χ1v) is 15.9. The Morgan fingerprint density at radius 2 is 1.78 bits per heavy atom. The van der Waals surface area contributed by atoms with Crippen LogP contribution in [0.15, 0.2) is 108 Å². The lowest BCUT2D eigenvalue weighted by Gasteiger charge is -2.24. The van der Waals surface area contributed by atoms with Crippen LogP contribution >= 0.6 is 0 Å². The zero-order valence-electron chi connectivity index (χ0n) is 27.8. The summed E-state index contributed by atoms with van der Waals surface area (Å²) < 4.78 is 24.3. The van der Waals surface area contributed by atoms with Gasteiger partial charge in [-0.2, -0.15) is 10.4 Å². The van der Waals surface area contributed by atoms with Gasteiger partial charge in [-0.15, -0.1) is 0 Å². The minimum Gasteiger partial charge on any atom is -0.497 e. The van der Waals surface area contributed by atoms with Crippen LogP contribution in [0.2, 0.25) is 0 Å². The maximum absolute atomic E-state index is 12.7. The summed E-state index contributed by atoms with van der Waals surface area (Å²) in [6.07, 6.45) is 4.92. The topological polar surface area (TPSA) is 124 Å².